The van der Waals surface area contributed by atoms with Crippen LogP contribution in [0.1, 0.15) is 16.8 Å². The van der Waals surface area contributed by atoms with E-state index in [1.165, 1.54) is 4.90 Å². The van der Waals surface area contributed by atoms with Gasteiger partial charge in [0.1, 0.15) is 0 Å². The summed E-state index contributed by atoms with van der Waals surface area (Å²) in [6.07, 6.45) is 5.44. The van der Waals surface area contributed by atoms with Crippen LogP contribution in [0.5, 0.6) is 0 Å². The minimum Gasteiger partial charge on any atom is -0.321 e. The van der Waals surface area contributed by atoms with E-state index in [1.54, 1.807) is 42.5 Å². The number of hydrogen-bond acceptors (Lipinski definition) is 3. The number of allylic oxidation sites excluding steroid dienone is 2. The molecule has 4 aliphatic carbocycles. The van der Waals surface area contributed by atoms with Gasteiger partial charge in [0.2, 0.25) is 11.8 Å². The van der Waals surface area contributed by atoms with Crippen LogP contribution in [0.2, 0.25) is 5.02 Å². The van der Waals surface area contributed by atoms with Gasteiger partial charge in [-0.1, -0.05) is 45.7 Å². The monoisotopic (exact) mass is 496 g/mol. The summed E-state index contributed by atoms with van der Waals surface area (Å²) in [6, 6.07) is 11.9. The number of rotatable bonds is 3. The van der Waals surface area contributed by atoms with Gasteiger partial charge in [-0.3, -0.25) is 14.4 Å². The van der Waals surface area contributed by atoms with Gasteiger partial charge in [0.05, 0.1) is 28.2 Å². The molecule has 31 heavy (non-hydrogen) atoms. The first-order chi connectivity index (χ1) is 14.9. The molecule has 2 aromatic rings. The topological polar surface area (TPSA) is 66.5 Å². The molecule has 5 nitrogen and oxygen atoms in total. The van der Waals surface area contributed by atoms with E-state index in [0.29, 0.717) is 33.8 Å². The molecule has 1 heterocycles. The van der Waals surface area contributed by atoms with E-state index < -0.39 is 0 Å². The molecule has 0 radical (unpaired) electrons. The minimum atomic E-state index is -0.356. The molecule has 3 amide bonds. The molecule has 1 saturated heterocycles. The number of imide groups is 1. The molecule has 1 N–H and O–H groups in total. The fourth-order valence-electron chi connectivity index (χ4n) is 5.78. The number of hydrogen-bond donors (Lipinski definition) is 1. The van der Waals surface area contributed by atoms with E-state index >= 15 is 0 Å². The maximum Gasteiger partial charge on any atom is 0.255 e. The van der Waals surface area contributed by atoms with Crippen molar-refractivity contribution >= 4 is 56.6 Å². The Morgan fingerprint density at radius 2 is 1.68 bits per heavy atom. The standard InChI is InChI=1S/C24H18BrClN2O3/c25-12-4-7-19(18(26)9-12)27-22(29)11-2-1-3-13(8-11)28-23(30)20-14-5-6-15(17-10-16(14)17)21(20)24(28)31/h1-9,14-17,20-21H,10H2,(H,27,29)/t14-,15-,16-,17+,20-,21+/m0/s1. The lowest BCUT2D eigenvalue weighted by atomic mass is 9.63. The molecule has 6 atom stereocenters. The SMILES string of the molecule is O=C(Nc1ccc(Br)cc1Cl)c1cccc(N2C(=O)[C@@H]3[C@H]4C=C[C@@H]([C@@H]5C[C@H]45)[C@@H]3C2=O)c1. The molecule has 1 aliphatic heterocycles. The van der Waals surface area contributed by atoms with E-state index in [1.807, 2.05) is 0 Å². The smallest absolute Gasteiger partial charge is 0.255 e. The van der Waals surface area contributed by atoms with Crippen molar-refractivity contribution in [3.8, 4) is 0 Å². The van der Waals surface area contributed by atoms with Crippen molar-refractivity contribution in [1.29, 1.82) is 0 Å². The Kier molecular flexibility index (Phi) is 4.21. The van der Waals surface area contributed by atoms with E-state index in [2.05, 4.69) is 33.4 Å². The normalized spacial score (nSPS) is 32.1. The zero-order chi connectivity index (χ0) is 21.4. The van der Waals surface area contributed by atoms with Crippen LogP contribution in [0.15, 0.2) is 59.1 Å². The molecule has 0 spiro atoms. The van der Waals surface area contributed by atoms with Gasteiger partial charge in [-0.15, -0.1) is 0 Å². The molecule has 3 fully saturated rings. The van der Waals surface area contributed by atoms with Crippen LogP contribution in [-0.4, -0.2) is 17.7 Å². The zero-order valence-corrected chi connectivity index (χ0v) is 18.6. The first-order valence-electron chi connectivity index (χ1n) is 10.4. The summed E-state index contributed by atoms with van der Waals surface area (Å²) >= 11 is 9.54. The van der Waals surface area contributed by atoms with Crippen LogP contribution in [-0.2, 0) is 9.59 Å². The average molecular weight is 498 g/mol. The Balaban J connectivity index is 1.28. The van der Waals surface area contributed by atoms with E-state index in [9.17, 15) is 14.4 Å². The van der Waals surface area contributed by atoms with E-state index in [-0.39, 0.29) is 41.4 Å². The fourth-order valence-corrected chi connectivity index (χ4v) is 6.50. The summed E-state index contributed by atoms with van der Waals surface area (Å²) < 4.78 is 0.811. The first kappa shape index (κ1) is 19.3. The van der Waals surface area contributed by atoms with E-state index in [4.69, 9.17) is 11.6 Å². The van der Waals surface area contributed by atoms with Crippen molar-refractivity contribution in [3.05, 3.63) is 69.7 Å². The first-order valence-corrected chi connectivity index (χ1v) is 11.5. The Bertz CT molecular complexity index is 1160. The van der Waals surface area contributed by atoms with Crippen molar-refractivity contribution in [1.82, 2.24) is 0 Å². The lowest BCUT2D eigenvalue weighted by Crippen LogP contribution is -2.40. The quantitative estimate of drug-likeness (QED) is 0.484. The van der Waals surface area contributed by atoms with Crippen molar-refractivity contribution in [2.75, 3.05) is 10.2 Å². The molecule has 7 rings (SSSR count). The number of nitrogens with zero attached hydrogens (tertiary/aromatic N) is 1. The molecule has 0 unspecified atom stereocenters. The summed E-state index contributed by atoms with van der Waals surface area (Å²) in [4.78, 5) is 40.7. The lowest BCUT2D eigenvalue weighted by molar-refractivity contribution is -0.124. The molecule has 2 bridgehead atoms. The van der Waals surface area contributed by atoms with Crippen LogP contribution < -0.4 is 10.2 Å². The highest BCUT2D eigenvalue weighted by atomic mass is 79.9. The third-order valence-corrected chi connectivity index (χ3v) is 8.01. The number of amides is 3. The van der Waals surface area contributed by atoms with Crippen LogP contribution >= 0.6 is 27.5 Å². The summed E-state index contributed by atoms with van der Waals surface area (Å²) in [7, 11) is 0. The van der Waals surface area contributed by atoms with Crippen LogP contribution in [0, 0.1) is 35.5 Å². The number of carbonyl (C=O) groups excluding carboxylic acids is 3. The highest BCUT2D eigenvalue weighted by molar-refractivity contribution is 9.10. The Morgan fingerprint density at radius 3 is 2.32 bits per heavy atom. The van der Waals surface area contributed by atoms with E-state index in [0.717, 1.165) is 10.9 Å². The van der Waals surface area contributed by atoms with Gasteiger partial charge in [-0.05, 0) is 66.5 Å². The summed E-state index contributed by atoms with van der Waals surface area (Å²) in [5.41, 5.74) is 1.30. The predicted molar refractivity (Wildman–Crippen MR) is 121 cm³/mol. The summed E-state index contributed by atoms with van der Waals surface area (Å²) in [6.45, 7) is 0. The summed E-state index contributed by atoms with van der Waals surface area (Å²) in [5.74, 6) is 0.323. The number of halogens is 2. The molecule has 2 aromatic carbocycles. The van der Waals surface area contributed by atoms with Gasteiger partial charge in [-0.2, -0.15) is 0 Å². The number of anilines is 2. The average Bonchev–Trinajstić information content (AvgIpc) is 3.53. The van der Waals surface area contributed by atoms with Crippen LogP contribution in [0.25, 0.3) is 0 Å². The van der Waals surface area contributed by atoms with Gasteiger partial charge in [-0.25, -0.2) is 4.90 Å². The molecule has 5 aliphatic rings. The van der Waals surface area contributed by atoms with Crippen LogP contribution in [0.3, 0.4) is 0 Å². The molecular formula is C24H18BrClN2O3. The number of benzene rings is 2. The van der Waals surface area contributed by atoms with Gasteiger partial charge in [0.25, 0.3) is 5.91 Å². The maximum atomic E-state index is 13.3. The highest BCUT2D eigenvalue weighted by Gasteiger charge is 2.67. The Hall–Kier alpha value is -2.44. The lowest BCUT2D eigenvalue weighted by Gasteiger charge is -2.37. The van der Waals surface area contributed by atoms with Crippen molar-refractivity contribution in [2.24, 2.45) is 35.5 Å². The third kappa shape index (κ3) is 2.84. The Morgan fingerprint density at radius 1 is 1.00 bits per heavy atom. The third-order valence-electron chi connectivity index (χ3n) is 7.21. The van der Waals surface area contributed by atoms with Crippen molar-refractivity contribution in [2.45, 2.75) is 6.42 Å². The molecule has 156 valence electrons. The fraction of sp³-hybridized carbons (Fsp3) is 0.292. The second-order valence-electron chi connectivity index (χ2n) is 8.80. The highest BCUT2D eigenvalue weighted by Crippen LogP contribution is 2.65. The van der Waals surface area contributed by atoms with Crippen LogP contribution in [0.4, 0.5) is 11.4 Å². The predicted octanol–water partition coefficient (Wildman–Crippen LogP) is 4.91. The number of nitrogens with one attached hydrogen (secondary N) is 1. The molecule has 7 heteroatoms. The second kappa shape index (κ2) is 6.78. The molecular weight excluding hydrogens is 480 g/mol. The molecule has 2 saturated carbocycles. The van der Waals surface area contributed by atoms with Crippen molar-refractivity contribution in [3.63, 3.8) is 0 Å². The maximum absolute atomic E-state index is 13.3. The Labute approximate surface area is 192 Å². The minimum absolute atomic E-state index is 0.131. The van der Waals surface area contributed by atoms with Crippen molar-refractivity contribution < 1.29 is 14.4 Å². The summed E-state index contributed by atoms with van der Waals surface area (Å²) in [5, 5.41) is 3.20. The van der Waals surface area contributed by atoms with Gasteiger partial charge in [0, 0.05) is 10.0 Å². The van der Waals surface area contributed by atoms with Gasteiger partial charge >= 0.3 is 0 Å². The van der Waals surface area contributed by atoms with Gasteiger partial charge in [0.15, 0.2) is 0 Å². The largest absolute Gasteiger partial charge is 0.321 e. The van der Waals surface area contributed by atoms with Gasteiger partial charge < -0.3 is 5.32 Å². The second-order valence-corrected chi connectivity index (χ2v) is 10.1. The molecule has 0 aromatic heterocycles. The zero-order valence-electron chi connectivity index (χ0n) is 16.3. The number of carbonyl (C=O) groups is 3.